The normalized spacial score (nSPS) is 15.7. The topological polar surface area (TPSA) is 110 Å². The number of nitrogens with zero attached hydrogens (tertiary/aromatic N) is 2. The van der Waals surface area contributed by atoms with Crippen LogP contribution in [0.3, 0.4) is 0 Å². The van der Waals surface area contributed by atoms with Crippen molar-refractivity contribution >= 4 is 23.3 Å². The first-order valence-electron chi connectivity index (χ1n) is 9.25. The van der Waals surface area contributed by atoms with Crippen molar-refractivity contribution in [1.82, 2.24) is 0 Å². The van der Waals surface area contributed by atoms with Gasteiger partial charge in [-0.2, -0.15) is 5.10 Å². The van der Waals surface area contributed by atoms with E-state index in [1.54, 1.807) is 29.3 Å². The van der Waals surface area contributed by atoms with Gasteiger partial charge in [-0.05, 0) is 41.5 Å². The Morgan fingerprint density at radius 2 is 1.47 bits per heavy atom. The molecular weight excluding hydrogens is 384 g/mol. The largest absolute Gasteiger partial charge is 0.508 e. The number of carbonyl (C=O) groups is 2. The fraction of sp³-hybridized carbons (Fsp3) is 0.0870. The molecule has 0 saturated carbocycles. The highest BCUT2D eigenvalue weighted by molar-refractivity contribution is 6.03. The van der Waals surface area contributed by atoms with Crippen molar-refractivity contribution in [2.24, 2.45) is 5.10 Å². The lowest BCUT2D eigenvalue weighted by Crippen LogP contribution is -2.19. The Morgan fingerprint density at radius 3 is 2.03 bits per heavy atom. The van der Waals surface area contributed by atoms with E-state index in [9.17, 15) is 24.9 Å². The average Bonchev–Trinajstić information content (AvgIpc) is 3.20. The predicted molar refractivity (Wildman–Crippen MR) is 111 cm³/mol. The Bertz CT molecular complexity index is 1110. The second-order valence-corrected chi connectivity index (χ2v) is 6.95. The molecule has 0 bridgehead atoms. The minimum atomic E-state index is -1.22. The van der Waals surface area contributed by atoms with E-state index in [0.717, 1.165) is 22.9 Å². The van der Waals surface area contributed by atoms with E-state index in [4.69, 9.17) is 5.10 Å². The Labute approximate surface area is 172 Å². The Balaban J connectivity index is 1.84. The third kappa shape index (κ3) is 3.73. The van der Waals surface area contributed by atoms with E-state index in [1.165, 1.54) is 12.1 Å². The molecule has 1 atom stereocenters. The van der Waals surface area contributed by atoms with Crippen LogP contribution in [0.4, 0.5) is 5.69 Å². The molecule has 0 aromatic heterocycles. The zero-order valence-corrected chi connectivity index (χ0v) is 15.8. The smallest absolute Gasteiger partial charge is 0.335 e. The van der Waals surface area contributed by atoms with E-state index in [1.807, 2.05) is 30.3 Å². The van der Waals surface area contributed by atoms with Crippen molar-refractivity contribution in [2.75, 3.05) is 5.01 Å². The van der Waals surface area contributed by atoms with E-state index < -0.39 is 11.9 Å². The molecule has 0 aliphatic carbocycles. The van der Waals surface area contributed by atoms with Crippen molar-refractivity contribution in [3.63, 3.8) is 0 Å². The van der Waals surface area contributed by atoms with Gasteiger partial charge in [0.25, 0.3) is 0 Å². The third-order valence-corrected chi connectivity index (χ3v) is 4.97. The molecule has 0 unspecified atom stereocenters. The summed E-state index contributed by atoms with van der Waals surface area (Å²) in [5.41, 5.74) is 2.70. The van der Waals surface area contributed by atoms with Crippen LogP contribution < -0.4 is 5.01 Å². The molecule has 4 rings (SSSR count). The minimum absolute atomic E-state index is 0.127. The summed E-state index contributed by atoms with van der Waals surface area (Å²) in [6.07, 6.45) is 0.536. The van der Waals surface area contributed by atoms with Gasteiger partial charge in [0.15, 0.2) is 0 Å². The van der Waals surface area contributed by atoms with Crippen LogP contribution in [0, 0.1) is 0 Å². The van der Waals surface area contributed by atoms with E-state index >= 15 is 0 Å². The van der Waals surface area contributed by atoms with Crippen molar-refractivity contribution in [2.45, 2.75) is 12.5 Å². The number of anilines is 1. The first-order valence-corrected chi connectivity index (χ1v) is 9.25. The number of rotatable bonds is 5. The molecule has 7 nitrogen and oxygen atoms in total. The lowest BCUT2D eigenvalue weighted by molar-refractivity contribution is 0.0696. The molecule has 0 saturated heterocycles. The predicted octanol–water partition coefficient (Wildman–Crippen LogP) is 4.14. The summed E-state index contributed by atoms with van der Waals surface area (Å²) in [5, 5.41) is 34.8. The molecule has 7 heteroatoms. The maximum atomic E-state index is 11.5. The van der Waals surface area contributed by atoms with Crippen molar-refractivity contribution < 1.29 is 24.9 Å². The van der Waals surface area contributed by atoms with Gasteiger partial charge in [0.1, 0.15) is 5.75 Å². The van der Waals surface area contributed by atoms with Crippen molar-refractivity contribution in [1.29, 1.82) is 0 Å². The first kappa shape index (κ1) is 19.2. The SMILES string of the molecule is O=C(O)c1cc(C(=O)O)cc(N2N=C(c3ccccc3)C[C@H]2c2ccc(O)cc2)c1. The maximum absolute atomic E-state index is 11.5. The number of carboxylic acid groups (broad SMARTS) is 2. The molecular formula is C23H18N2O5. The fourth-order valence-corrected chi connectivity index (χ4v) is 3.50. The molecule has 3 aromatic rings. The highest BCUT2D eigenvalue weighted by atomic mass is 16.4. The van der Waals surface area contributed by atoms with Crippen LogP contribution in [0.2, 0.25) is 0 Å². The number of hydrogen-bond donors (Lipinski definition) is 3. The number of carboxylic acids is 2. The molecule has 150 valence electrons. The molecule has 0 spiro atoms. The van der Waals surface area contributed by atoms with Gasteiger partial charge < -0.3 is 15.3 Å². The minimum Gasteiger partial charge on any atom is -0.508 e. The molecule has 1 aliphatic rings. The molecule has 1 aliphatic heterocycles. The van der Waals surface area contributed by atoms with Crippen molar-refractivity contribution in [3.8, 4) is 5.75 Å². The summed E-state index contributed by atoms with van der Waals surface area (Å²) in [4.78, 5) is 23.1. The Morgan fingerprint density at radius 1 is 0.867 bits per heavy atom. The van der Waals surface area contributed by atoms with Crippen LogP contribution in [-0.4, -0.2) is 33.0 Å². The first-order chi connectivity index (χ1) is 14.4. The van der Waals surface area contributed by atoms with Crippen LogP contribution in [0.5, 0.6) is 5.75 Å². The molecule has 0 radical (unpaired) electrons. The molecule has 1 heterocycles. The zero-order valence-electron chi connectivity index (χ0n) is 15.8. The number of hydrogen-bond acceptors (Lipinski definition) is 5. The number of hydrazone groups is 1. The number of phenols is 1. The lowest BCUT2D eigenvalue weighted by Gasteiger charge is -2.24. The van der Waals surface area contributed by atoms with Gasteiger partial charge in [-0.1, -0.05) is 42.5 Å². The van der Waals surface area contributed by atoms with Crippen LogP contribution in [0.15, 0.2) is 77.9 Å². The summed E-state index contributed by atoms with van der Waals surface area (Å²) in [6.45, 7) is 0. The Kier molecular flexibility index (Phi) is 4.93. The highest BCUT2D eigenvalue weighted by Crippen LogP contribution is 2.38. The van der Waals surface area contributed by atoms with E-state index in [-0.39, 0.29) is 22.9 Å². The average molecular weight is 402 g/mol. The van der Waals surface area contributed by atoms with Gasteiger partial charge in [0.2, 0.25) is 0 Å². The number of phenolic OH excluding ortho intramolecular Hbond substituents is 1. The van der Waals surface area contributed by atoms with Gasteiger partial charge in [0, 0.05) is 6.42 Å². The van der Waals surface area contributed by atoms with E-state index in [0.29, 0.717) is 12.1 Å². The van der Waals surface area contributed by atoms with Gasteiger partial charge in [-0.25, -0.2) is 9.59 Å². The summed E-state index contributed by atoms with van der Waals surface area (Å²) >= 11 is 0. The van der Waals surface area contributed by atoms with E-state index in [2.05, 4.69) is 0 Å². The summed E-state index contributed by atoms with van der Waals surface area (Å²) in [7, 11) is 0. The van der Waals surface area contributed by atoms with Crippen LogP contribution in [-0.2, 0) is 0 Å². The fourth-order valence-electron chi connectivity index (χ4n) is 3.50. The third-order valence-electron chi connectivity index (χ3n) is 4.97. The molecule has 3 N–H and O–H groups in total. The van der Waals surface area contributed by atoms with Crippen LogP contribution >= 0.6 is 0 Å². The quantitative estimate of drug-likeness (QED) is 0.591. The molecule has 30 heavy (non-hydrogen) atoms. The highest BCUT2D eigenvalue weighted by Gasteiger charge is 2.31. The zero-order chi connectivity index (χ0) is 21.3. The van der Waals surface area contributed by atoms with Crippen molar-refractivity contribution in [3.05, 3.63) is 95.1 Å². The Hall–Kier alpha value is -4.13. The van der Waals surface area contributed by atoms with Crippen LogP contribution in [0.25, 0.3) is 0 Å². The second-order valence-electron chi connectivity index (χ2n) is 6.95. The lowest BCUT2D eigenvalue weighted by atomic mass is 9.98. The molecule has 0 amide bonds. The van der Waals surface area contributed by atoms with Gasteiger partial charge >= 0.3 is 11.9 Å². The maximum Gasteiger partial charge on any atom is 0.335 e. The standard InChI is InChI=1S/C23H18N2O5/c26-19-8-6-15(7-9-19)21-13-20(14-4-2-1-3-5-14)24-25(21)18-11-16(22(27)28)10-17(12-18)23(29)30/h1-12,21,26H,13H2,(H,27,28)(H,29,30)/t21-/m0/s1. The monoisotopic (exact) mass is 402 g/mol. The summed E-state index contributed by atoms with van der Waals surface area (Å²) in [6, 6.07) is 20.0. The van der Waals surface area contributed by atoms with Gasteiger partial charge in [-0.15, -0.1) is 0 Å². The number of aromatic hydroxyl groups is 1. The van der Waals surface area contributed by atoms with Crippen LogP contribution in [0.1, 0.15) is 44.3 Å². The molecule has 0 fully saturated rings. The number of benzene rings is 3. The van der Waals surface area contributed by atoms with Gasteiger partial charge in [0.05, 0.1) is 28.6 Å². The summed E-state index contributed by atoms with van der Waals surface area (Å²) < 4.78 is 0. The molecule has 3 aromatic carbocycles. The second kappa shape index (κ2) is 7.71. The number of aromatic carboxylic acids is 2. The van der Waals surface area contributed by atoms with Gasteiger partial charge in [-0.3, -0.25) is 5.01 Å². The summed E-state index contributed by atoms with van der Waals surface area (Å²) in [5.74, 6) is -2.30.